The molecule has 27 heavy (non-hydrogen) atoms. The van der Waals surface area contributed by atoms with Crippen molar-refractivity contribution in [3.05, 3.63) is 66.5 Å². The van der Waals surface area contributed by atoms with Gasteiger partial charge in [-0.15, -0.1) is 10.2 Å². The Balaban J connectivity index is 1.65. The van der Waals surface area contributed by atoms with Crippen LogP contribution in [-0.2, 0) is 6.54 Å². The van der Waals surface area contributed by atoms with Crippen LogP contribution in [-0.4, -0.2) is 33.8 Å². The molecule has 4 rings (SSSR count). The summed E-state index contributed by atoms with van der Waals surface area (Å²) in [6, 6.07) is 17.7. The van der Waals surface area contributed by atoms with Gasteiger partial charge >= 0.3 is 0 Å². The lowest BCUT2D eigenvalue weighted by molar-refractivity contribution is 0.414. The number of aromatic nitrogens is 4. The van der Waals surface area contributed by atoms with Crippen molar-refractivity contribution in [3.63, 3.8) is 0 Å². The van der Waals surface area contributed by atoms with Gasteiger partial charge in [-0.2, -0.15) is 0 Å². The van der Waals surface area contributed by atoms with Gasteiger partial charge in [0.2, 0.25) is 0 Å². The average Bonchev–Trinajstić information content (AvgIpc) is 3.21. The van der Waals surface area contributed by atoms with E-state index < -0.39 is 0 Å². The van der Waals surface area contributed by atoms with Crippen molar-refractivity contribution in [3.8, 4) is 22.8 Å². The Morgan fingerprint density at radius 2 is 1.78 bits per heavy atom. The average molecular weight is 361 g/mol. The molecule has 7 nitrogen and oxygen atoms in total. The molecular weight excluding hydrogens is 342 g/mol. The second-order valence-electron chi connectivity index (χ2n) is 5.96. The molecule has 0 fully saturated rings. The van der Waals surface area contributed by atoms with Gasteiger partial charge in [-0.3, -0.25) is 4.40 Å². The minimum atomic E-state index is 0.538. The molecular formula is C20H19N5O2. The zero-order valence-corrected chi connectivity index (χ0v) is 15.1. The van der Waals surface area contributed by atoms with Crippen molar-refractivity contribution < 1.29 is 9.47 Å². The fraction of sp³-hybridized carbons (Fsp3) is 0.150. The molecule has 4 aromatic rings. The second-order valence-corrected chi connectivity index (χ2v) is 5.96. The van der Waals surface area contributed by atoms with Crippen LogP contribution in [0.1, 0.15) is 5.56 Å². The van der Waals surface area contributed by atoms with Crippen LogP contribution in [0, 0.1) is 0 Å². The summed E-state index contributed by atoms with van der Waals surface area (Å²) in [6.45, 7) is 0.635. The maximum absolute atomic E-state index is 5.29. The summed E-state index contributed by atoms with van der Waals surface area (Å²) in [7, 11) is 3.31. The molecule has 0 spiro atoms. The van der Waals surface area contributed by atoms with Crippen LogP contribution in [0.2, 0.25) is 0 Å². The molecule has 0 saturated heterocycles. The lowest BCUT2D eigenvalue weighted by Crippen LogP contribution is -2.05. The van der Waals surface area contributed by atoms with E-state index in [4.69, 9.17) is 9.47 Å². The first-order valence-electron chi connectivity index (χ1n) is 8.49. The monoisotopic (exact) mass is 361 g/mol. The highest BCUT2D eigenvalue weighted by atomic mass is 16.5. The molecule has 0 amide bonds. The zero-order valence-electron chi connectivity index (χ0n) is 15.1. The molecule has 0 aliphatic heterocycles. The summed E-state index contributed by atoms with van der Waals surface area (Å²) < 4.78 is 12.3. The van der Waals surface area contributed by atoms with Crippen LogP contribution in [0.4, 0.5) is 5.82 Å². The third kappa shape index (κ3) is 3.52. The number of hydrogen-bond donors (Lipinski definition) is 1. The van der Waals surface area contributed by atoms with E-state index in [1.54, 1.807) is 20.5 Å². The molecule has 0 saturated carbocycles. The van der Waals surface area contributed by atoms with Crippen LogP contribution in [0.15, 0.2) is 60.9 Å². The first kappa shape index (κ1) is 16.8. The van der Waals surface area contributed by atoms with E-state index in [2.05, 4.69) is 20.5 Å². The van der Waals surface area contributed by atoms with E-state index in [0.29, 0.717) is 12.3 Å². The molecule has 2 aromatic heterocycles. The highest BCUT2D eigenvalue weighted by Gasteiger charge is 2.09. The standard InChI is InChI=1S/C20H19N5O2/c1-26-16-8-6-15(7-9-16)18-11-19(25-13-22-24-20(25)23-18)21-12-14-4-3-5-17(10-14)27-2/h3-11,13,21H,12H2,1-2H3. The van der Waals surface area contributed by atoms with Crippen LogP contribution >= 0.6 is 0 Å². The Labute approximate surface area is 156 Å². The quantitative estimate of drug-likeness (QED) is 0.567. The molecule has 0 aliphatic carbocycles. The number of rotatable bonds is 6. The first-order valence-corrected chi connectivity index (χ1v) is 8.49. The van der Waals surface area contributed by atoms with Gasteiger partial charge in [0, 0.05) is 18.2 Å². The predicted octanol–water partition coefficient (Wildman–Crippen LogP) is 3.42. The van der Waals surface area contributed by atoms with E-state index in [0.717, 1.165) is 34.1 Å². The summed E-state index contributed by atoms with van der Waals surface area (Å²) >= 11 is 0. The number of benzene rings is 2. The summed E-state index contributed by atoms with van der Waals surface area (Å²) in [6.07, 6.45) is 1.65. The minimum Gasteiger partial charge on any atom is -0.497 e. The Morgan fingerprint density at radius 3 is 2.56 bits per heavy atom. The lowest BCUT2D eigenvalue weighted by Gasteiger charge is -2.11. The van der Waals surface area contributed by atoms with E-state index in [9.17, 15) is 0 Å². The topological polar surface area (TPSA) is 73.6 Å². The van der Waals surface area contributed by atoms with Gasteiger partial charge in [-0.05, 0) is 42.0 Å². The fourth-order valence-corrected chi connectivity index (χ4v) is 2.84. The number of ether oxygens (including phenoxy) is 2. The summed E-state index contributed by atoms with van der Waals surface area (Å²) in [5, 5.41) is 11.5. The minimum absolute atomic E-state index is 0.538. The van der Waals surface area contributed by atoms with E-state index in [1.165, 1.54) is 0 Å². The van der Waals surface area contributed by atoms with Crippen molar-refractivity contribution in [2.24, 2.45) is 0 Å². The van der Waals surface area contributed by atoms with Crippen LogP contribution in [0.25, 0.3) is 17.0 Å². The molecule has 1 N–H and O–H groups in total. The molecule has 0 aliphatic rings. The zero-order chi connectivity index (χ0) is 18.6. The largest absolute Gasteiger partial charge is 0.497 e. The Kier molecular flexibility index (Phi) is 4.57. The Morgan fingerprint density at radius 1 is 0.963 bits per heavy atom. The highest BCUT2D eigenvalue weighted by molar-refractivity contribution is 5.66. The van der Waals surface area contributed by atoms with Crippen molar-refractivity contribution in [1.82, 2.24) is 19.6 Å². The van der Waals surface area contributed by atoms with Gasteiger partial charge in [0.05, 0.1) is 19.9 Å². The first-order chi connectivity index (χ1) is 13.3. The van der Waals surface area contributed by atoms with Gasteiger partial charge in [0.25, 0.3) is 5.78 Å². The summed E-state index contributed by atoms with van der Waals surface area (Å²) in [5.74, 6) is 3.03. The number of nitrogens with one attached hydrogen (secondary N) is 1. The molecule has 7 heteroatoms. The molecule has 2 aromatic carbocycles. The number of anilines is 1. The maximum atomic E-state index is 5.29. The van der Waals surface area contributed by atoms with Gasteiger partial charge in [-0.25, -0.2) is 4.98 Å². The molecule has 0 atom stereocenters. The van der Waals surface area contributed by atoms with Gasteiger partial charge in [0.15, 0.2) is 0 Å². The van der Waals surface area contributed by atoms with Crippen molar-refractivity contribution in [1.29, 1.82) is 0 Å². The molecule has 0 radical (unpaired) electrons. The molecule has 2 heterocycles. The maximum Gasteiger partial charge on any atom is 0.256 e. The highest BCUT2D eigenvalue weighted by Crippen LogP contribution is 2.24. The van der Waals surface area contributed by atoms with E-state index >= 15 is 0 Å². The van der Waals surface area contributed by atoms with E-state index in [1.807, 2.05) is 59.0 Å². The van der Waals surface area contributed by atoms with Crippen LogP contribution in [0.3, 0.4) is 0 Å². The molecule has 136 valence electrons. The third-order valence-corrected chi connectivity index (χ3v) is 4.28. The lowest BCUT2D eigenvalue weighted by atomic mass is 10.1. The normalized spacial score (nSPS) is 10.7. The Bertz CT molecular complexity index is 1060. The number of fused-ring (bicyclic) bond motifs is 1. The number of nitrogens with zero attached hydrogens (tertiary/aromatic N) is 4. The fourth-order valence-electron chi connectivity index (χ4n) is 2.84. The second kappa shape index (κ2) is 7.33. The summed E-state index contributed by atoms with van der Waals surface area (Å²) in [4.78, 5) is 4.59. The van der Waals surface area contributed by atoms with Crippen molar-refractivity contribution in [2.45, 2.75) is 6.54 Å². The van der Waals surface area contributed by atoms with Crippen molar-refractivity contribution in [2.75, 3.05) is 19.5 Å². The van der Waals surface area contributed by atoms with Gasteiger partial charge in [-0.1, -0.05) is 12.1 Å². The molecule has 0 unspecified atom stereocenters. The van der Waals surface area contributed by atoms with Crippen LogP contribution in [0.5, 0.6) is 11.5 Å². The summed E-state index contributed by atoms with van der Waals surface area (Å²) in [5.41, 5.74) is 2.90. The number of methoxy groups -OCH3 is 2. The van der Waals surface area contributed by atoms with Crippen molar-refractivity contribution >= 4 is 11.6 Å². The molecule has 0 bridgehead atoms. The van der Waals surface area contributed by atoms with Crippen LogP contribution < -0.4 is 14.8 Å². The number of hydrogen-bond acceptors (Lipinski definition) is 6. The SMILES string of the molecule is COc1ccc(-c2cc(NCc3cccc(OC)c3)n3cnnc3n2)cc1. The smallest absolute Gasteiger partial charge is 0.256 e. The van der Waals surface area contributed by atoms with E-state index in [-0.39, 0.29) is 0 Å². The third-order valence-electron chi connectivity index (χ3n) is 4.28. The predicted molar refractivity (Wildman–Crippen MR) is 103 cm³/mol. The Hall–Kier alpha value is -3.61. The van der Waals surface area contributed by atoms with Gasteiger partial charge < -0.3 is 14.8 Å². The van der Waals surface area contributed by atoms with Gasteiger partial charge in [0.1, 0.15) is 23.6 Å².